The SMILES string of the molecule is Cc1cc(C(=O)C(C)OC(=O)c2ccc(N3CCOCC3)nc2)c(C)n1-c1ccc(OC(F)F)cc1. The van der Waals surface area contributed by atoms with Crippen molar-refractivity contribution in [3.63, 3.8) is 0 Å². The van der Waals surface area contributed by atoms with Gasteiger partial charge in [0.15, 0.2) is 6.10 Å². The molecule has 0 saturated carbocycles. The van der Waals surface area contributed by atoms with E-state index in [0.29, 0.717) is 30.2 Å². The fourth-order valence-corrected chi connectivity index (χ4v) is 4.17. The van der Waals surface area contributed by atoms with E-state index < -0.39 is 18.7 Å². The number of benzene rings is 1. The van der Waals surface area contributed by atoms with Crippen molar-refractivity contribution in [3.05, 3.63) is 71.2 Å². The number of ketones is 1. The number of carbonyl (C=O) groups is 2. The number of aromatic nitrogens is 2. The minimum atomic E-state index is -2.90. The summed E-state index contributed by atoms with van der Waals surface area (Å²) >= 11 is 0. The van der Waals surface area contributed by atoms with Crippen molar-refractivity contribution in [2.75, 3.05) is 31.2 Å². The van der Waals surface area contributed by atoms with Crippen LogP contribution in [0.2, 0.25) is 0 Å². The standard InChI is InChI=1S/C26H27F2N3O5/c1-16-14-22(17(2)31(16)20-5-7-21(8-6-20)36-26(27)28)24(32)18(3)35-25(33)19-4-9-23(29-15-19)30-10-12-34-13-11-30/h4-9,14-15,18,26H,10-13H2,1-3H3. The molecule has 36 heavy (non-hydrogen) atoms. The van der Waals surface area contributed by atoms with Gasteiger partial charge in [-0.3, -0.25) is 4.79 Å². The van der Waals surface area contributed by atoms with E-state index in [1.54, 1.807) is 37.3 Å². The predicted molar refractivity (Wildman–Crippen MR) is 128 cm³/mol. The molecule has 1 aliphatic heterocycles. The lowest BCUT2D eigenvalue weighted by atomic mass is 10.1. The number of rotatable bonds is 8. The molecule has 0 spiro atoms. The Hall–Kier alpha value is -3.79. The highest BCUT2D eigenvalue weighted by Crippen LogP contribution is 2.25. The molecule has 190 valence electrons. The normalized spacial score (nSPS) is 14.6. The molecule has 10 heteroatoms. The summed E-state index contributed by atoms with van der Waals surface area (Å²) in [6, 6.07) is 11.2. The second kappa shape index (κ2) is 10.9. The average Bonchev–Trinajstić information content (AvgIpc) is 3.17. The highest BCUT2D eigenvalue weighted by atomic mass is 19.3. The monoisotopic (exact) mass is 499 g/mol. The van der Waals surface area contributed by atoms with Crippen molar-refractivity contribution < 1.29 is 32.6 Å². The zero-order chi connectivity index (χ0) is 25.8. The van der Waals surface area contributed by atoms with Gasteiger partial charge in [0.05, 0.1) is 18.8 Å². The molecule has 1 unspecified atom stereocenters. The van der Waals surface area contributed by atoms with E-state index >= 15 is 0 Å². The van der Waals surface area contributed by atoms with Crippen LogP contribution < -0.4 is 9.64 Å². The largest absolute Gasteiger partial charge is 0.451 e. The van der Waals surface area contributed by atoms with E-state index in [0.717, 1.165) is 24.6 Å². The van der Waals surface area contributed by atoms with Crippen LogP contribution in [0.1, 0.15) is 39.0 Å². The number of ether oxygens (including phenoxy) is 3. The maximum Gasteiger partial charge on any atom is 0.387 e. The number of pyridine rings is 1. The molecule has 8 nitrogen and oxygen atoms in total. The Balaban J connectivity index is 1.44. The molecule has 1 atom stereocenters. The highest BCUT2D eigenvalue weighted by molar-refractivity contribution is 6.02. The number of hydrogen-bond acceptors (Lipinski definition) is 7. The van der Waals surface area contributed by atoms with Crippen molar-refractivity contribution in [1.82, 2.24) is 9.55 Å². The van der Waals surface area contributed by atoms with Gasteiger partial charge in [-0.15, -0.1) is 0 Å². The third-order valence-electron chi connectivity index (χ3n) is 5.99. The summed E-state index contributed by atoms with van der Waals surface area (Å²) in [5, 5.41) is 0. The molecule has 1 aromatic carbocycles. The number of alkyl halides is 2. The number of halogens is 2. The van der Waals surface area contributed by atoms with Crippen LogP contribution in [-0.4, -0.2) is 60.3 Å². The van der Waals surface area contributed by atoms with Gasteiger partial charge in [-0.1, -0.05) is 0 Å². The third kappa shape index (κ3) is 5.54. The summed E-state index contributed by atoms with van der Waals surface area (Å²) in [6.45, 7) is 4.94. The second-order valence-electron chi connectivity index (χ2n) is 8.41. The average molecular weight is 500 g/mol. The summed E-state index contributed by atoms with van der Waals surface area (Å²) in [7, 11) is 0. The van der Waals surface area contributed by atoms with Crippen LogP contribution in [0.5, 0.6) is 5.75 Å². The number of hydrogen-bond donors (Lipinski definition) is 0. The van der Waals surface area contributed by atoms with E-state index in [4.69, 9.17) is 9.47 Å². The summed E-state index contributed by atoms with van der Waals surface area (Å²) < 4.78 is 41.8. The van der Waals surface area contributed by atoms with E-state index in [1.807, 2.05) is 11.5 Å². The summed E-state index contributed by atoms with van der Waals surface area (Å²) in [4.78, 5) is 32.2. The van der Waals surface area contributed by atoms with Gasteiger partial charge < -0.3 is 23.7 Å². The van der Waals surface area contributed by atoms with Gasteiger partial charge in [-0.05, 0) is 63.2 Å². The molecule has 4 rings (SSSR count). The zero-order valence-electron chi connectivity index (χ0n) is 20.2. The van der Waals surface area contributed by atoms with Crippen molar-refractivity contribution in [2.45, 2.75) is 33.5 Å². The Morgan fingerprint density at radius 2 is 1.75 bits per heavy atom. The number of Topliss-reactive ketones (excluding diaryl/α,β-unsaturated/α-hetero) is 1. The van der Waals surface area contributed by atoms with Crippen LogP contribution >= 0.6 is 0 Å². The van der Waals surface area contributed by atoms with Crippen molar-refractivity contribution in [3.8, 4) is 11.4 Å². The first-order valence-corrected chi connectivity index (χ1v) is 11.5. The number of morpholine rings is 1. The number of nitrogens with zero attached hydrogens (tertiary/aromatic N) is 3. The molecule has 1 fully saturated rings. The Bertz CT molecular complexity index is 1220. The molecule has 0 bridgehead atoms. The Labute approximate surface area is 207 Å². The smallest absolute Gasteiger partial charge is 0.387 e. The van der Waals surface area contributed by atoms with E-state index in [1.165, 1.54) is 25.3 Å². The lowest BCUT2D eigenvalue weighted by molar-refractivity contribution is -0.0498. The minimum absolute atomic E-state index is 0.0421. The molecule has 2 aromatic heterocycles. The third-order valence-corrected chi connectivity index (χ3v) is 5.99. The van der Waals surface area contributed by atoms with E-state index in [-0.39, 0.29) is 17.1 Å². The van der Waals surface area contributed by atoms with E-state index in [9.17, 15) is 18.4 Å². The first kappa shape index (κ1) is 25.3. The van der Waals surface area contributed by atoms with Crippen LogP contribution in [0.3, 0.4) is 0 Å². The van der Waals surface area contributed by atoms with E-state index in [2.05, 4.69) is 14.6 Å². The first-order valence-electron chi connectivity index (χ1n) is 11.5. The van der Waals surface area contributed by atoms with Crippen LogP contribution in [0.15, 0.2) is 48.7 Å². The lowest BCUT2D eigenvalue weighted by Crippen LogP contribution is -2.36. The number of carbonyl (C=O) groups excluding carboxylic acids is 2. The van der Waals surface area contributed by atoms with Crippen molar-refractivity contribution in [1.29, 1.82) is 0 Å². The zero-order valence-corrected chi connectivity index (χ0v) is 20.2. The van der Waals surface area contributed by atoms with Crippen molar-refractivity contribution >= 4 is 17.6 Å². The molecule has 0 radical (unpaired) electrons. The lowest BCUT2D eigenvalue weighted by Gasteiger charge is -2.27. The van der Waals surface area contributed by atoms with Crippen LogP contribution in [0, 0.1) is 13.8 Å². The van der Waals surface area contributed by atoms with Gasteiger partial charge >= 0.3 is 12.6 Å². The van der Waals surface area contributed by atoms with Crippen molar-refractivity contribution in [2.24, 2.45) is 0 Å². The Kier molecular flexibility index (Phi) is 7.64. The predicted octanol–water partition coefficient (Wildman–Crippen LogP) is 4.36. The molecule has 0 amide bonds. The quantitative estimate of drug-likeness (QED) is 0.337. The molecule has 0 aliphatic carbocycles. The van der Waals surface area contributed by atoms with Gasteiger partial charge in [-0.2, -0.15) is 8.78 Å². The fourth-order valence-electron chi connectivity index (χ4n) is 4.17. The van der Waals surface area contributed by atoms with Crippen LogP contribution in [0.4, 0.5) is 14.6 Å². The molecule has 0 N–H and O–H groups in total. The number of esters is 1. The van der Waals surface area contributed by atoms with Gasteiger partial charge in [0.1, 0.15) is 11.6 Å². The Morgan fingerprint density at radius 3 is 2.36 bits per heavy atom. The summed E-state index contributed by atoms with van der Waals surface area (Å²) in [6.07, 6.45) is 0.421. The van der Waals surface area contributed by atoms with Gasteiger partial charge in [0.25, 0.3) is 0 Å². The topological polar surface area (TPSA) is 82.9 Å². The highest BCUT2D eigenvalue weighted by Gasteiger charge is 2.25. The maximum atomic E-state index is 13.1. The van der Waals surface area contributed by atoms with Gasteiger partial charge in [0.2, 0.25) is 5.78 Å². The van der Waals surface area contributed by atoms with Gasteiger partial charge in [-0.25, -0.2) is 9.78 Å². The first-order chi connectivity index (χ1) is 17.2. The molecular weight excluding hydrogens is 472 g/mol. The minimum Gasteiger partial charge on any atom is -0.451 e. The Morgan fingerprint density at radius 1 is 1.06 bits per heavy atom. The van der Waals surface area contributed by atoms with Crippen LogP contribution in [-0.2, 0) is 9.47 Å². The number of aryl methyl sites for hydroxylation is 1. The molecular formula is C26H27F2N3O5. The molecule has 1 saturated heterocycles. The summed E-state index contributed by atoms with van der Waals surface area (Å²) in [5.74, 6) is -0.195. The second-order valence-corrected chi connectivity index (χ2v) is 8.41. The molecule has 1 aliphatic rings. The summed E-state index contributed by atoms with van der Waals surface area (Å²) in [5.41, 5.74) is 2.74. The fraction of sp³-hybridized carbons (Fsp3) is 0.346. The number of anilines is 1. The van der Waals surface area contributed by atoms with Gasteiger partial charge in [0, 0.05) is 41.9 Å². The van der Waals surface area contributed by atoms with Crippen LogP contribution in [0.25, 0.3) is 5.69 Å². The maximum absolute atomic E-state index is 13.1. The molecule has 3 aromatic rings. The molecule has 3 heterocycles.